The van der Waals surface area contributed by atoms with E-state index in [0.717, 1.165) is 44.5 Å². The minimum Gasteiger partial charge on any atom is -0.679 e. The van der Waals surface area contributed by atoms with Gasteiger partial charge in [0, 0.05) is 59.0 Å². The van der Waals surface area contributed by atoms with Crippen molar-refractivity contribution in [3.63, 3.8) is 0 Å². The number of phenols is 1. The monoisotopic (exact) mass is 811 g/mol. The standard InChI is InChI=1S/C43H41N2O.2CH3.Hf/c1-26(2)31-16-12-17-32(27(3)4)41(31)44-25-30-22-21-29-13-11-18-35(40(29)45-30)36-23-28(5)24-39(42(36)46)43(6)37-19-9-7-14-33(37)34-15-8-10-20-38(34)43;;;/h7-24,26-27,46H,25H2,1-6H3;2*1H3;/q3*-1;. The first kappa shape index (κ1) is 37.8. The van der Waals surface area contributed by atoms with E-state index in [1.54, 1.807) is 0 Å². The van der Waals surface area contributed by atoms with Crippen molar-refractivity contribution in [2.75, 3.05) is 0 Å². The molecule has 0 saturated heterocycles. The summed E-state index contributed by atoms with van der Waals surface area (Å²) in [5.74, 6) is 1.07. The fraction of sp³-hybridized carbons (Fsp3) is 0.222. The van der Waals surface area contributed by atoms with E-state index in [4.69, 9.17) is 10.3 Å². The van der Waals surface area contributed by atoms with Crippen LogP contribution in [0.2, 0.25) is 0 Å². The molecule has 5 aromatic carbocycles. The first-order valence-corrected chi connectivity index (χ1v) is 16.4. The molecule has 7 rings (SSSR count). The van der Waals surface area contributed by atoms with Gasteiger partial charge in [-0.1, -0.05) is 142 Å². The fourth-order valence-corrected chi connectivity index (χ4v) is 7.46. The van der Waals surface area contributed by atoms with Crippen LogP contribution in [0.4, 0.5) is 5.69 Å². The Morgan fingerprint density at radius 2 is 1.20 bits per heavy atom. The van der Waals surface area contributed by atoms with Crippen LogP contribution in [0.15, 0.2) is 109 Å². The number of aromatic hydroxyl groups is 1. The molecule has 0 saturated carbocycles. The van der Waals surface area contributed by atoms with Crippen LogP contribution in [-0.4, -0.2) is 10.1 Å². The van der Waals surface area contributed by atoms with Crippen LogP contribution in [0.25, 0.3) is 38.5 Å². The van der Waals surface area contributed by atoms with Gasteiger partial charge in [0.25, 0.3) is 0 Å². The molecule has 1 aliphatic carbocycles. The summed E-state index contributed by atoms with van der Waals surface area (Å²) in [5.41, 5.74) is 13.5. The Morgan fingerprint density at radius 1 is 0.653 bits per heavy atom. The number of hydrogen-bond acceptors (Lipinski definition) is 2. The minimum atomic E-state index is -0.502. The number of aryl methyl sites for hydroxylation is 1. The van der Waals surface area contributed by atoms with Crippen LogP contribution in [0, 0.1) is 21.8 Å². The van der Waals surface area contributed by atoms with E-state index in [1.807, 2.05) is 0 Å². The van der Waals surface area contributed by atoms with Crippen molar-refractivity contribution in [1.29, 1.82) is 0 Å². The number of aromatic nitrogens is 1. The molecular weight excluding hydrogens is 763 g/mol. The molecule has 3 nitrogen and oxygen atoms in total. The van der Waals surface area contributed by atoms with Gasteiger partial charge in [-0.3, -0.25) is 4.98 Å². The summed E-state index contributed by atoms with van der Waals surface area (Å²) >= 11 is 0. The predicted molar refractivity (Wildman–Crippen MR) is 205 cm³/mol. The van der Waals surface area contributed by atoms with Gasteiger partial charge in [-0.05, 0) is 65.6 Å². The molecule has 1 aromatic heterocycles. The van der Waals surface area contributed by atoms with Crippen molar-refractivity contribution < 1.29 is 30.9 Å². The Morgan fingerprint density at radius 3 is 1.80 bits per heavy atom. The van der Waals surface area contributed by atoms with Gasteiger partial charge in [0.2, 0.25) is 0 Å². The topological polar surface area (TPSA) is 47.2 Å². The summed E-state index contributed by atoms with van der Waals surface area (Å²) in [7, 11) is 0. The number of hydrogen-bond donors (Lipinski definition) is 1. The molecule has 1 heterocycles. The molecule has 0 atom stereocenters. The summed E-state index contributed by atoms with van der Waals surface area (Å²) < 4.78 is 0. The van der Waals surface area contributed by atoms with Gasteiger partial charge in [0.15, 0.2) is 0 Å². The summed E-state index contributed by atoms with van der Waals surface area (Å²) in [4.78, 5) is 5.20. The molecule has 250 valence electrons. The van der Waals surface area contributed by atoms with Gasteiger partial charge in [-0.2, -0.15) is 0 Å². The number of fused-ring (bicyclic) bond motifs is 4. The maximum Gasteiger partial charge on any atom is 0.127 e. The molecule has 0 spiro atoms. The zero-order chi connectivity index (χ0) is 32.2. The molecule has 0 aliphatic heterocycles. The van der Waals surface area contributed by atoms with E-state index in [0.29, 0.717) is 24.1 Å². The molecule has 0 unspecified atom stereocenters. The van der Waals surface area contributed by atoms with Crippen molar-refractivity contribution in [1.82, 2.24) is 4.98 Å². The quantitative estimate of drug-likeness (QED) is 0.129. The molecule has 49 heavy (non-hydrogen) atoms. The van der Waals surface area contributed by atoms with Gasteiger partial charge in [0.1, 0.15) is 5.75 Å². The first-order valence-electron chi connectivity index (χ1n) is 16.4. The van der Waals surface area contributed by atoms with Gasteiger partial charge in [-0.15, -0.1) is 5.69 Å². The average molecular weight is 810 g/mol. The van der Waals surface area contributed by atoms with Crippen LogP contribution in [0.1, 0.15) is 85.5 Å². The van der Waals surface area contributed by atoms with Crippen LogP contribution in [-0.2, 0) is 37.8 Å². The zero-order valence-electron chi connectivity index (χ0n) is 30.1. The molecular formula is C45H47HfN2O-3. The van der Waals surface area contributed by atoms with E-state index in [9.17, 15) is 5.11 Å². The summed E-state index contributed by atoms with van der Waals surface area (Å²) in [6.07, 6.45) is 0. The molecule has 1 aliphatic rings. The van der Waals surface area contributed by atoms with Crippen molar-refractivity contribution in [3.05, 3.63) is 168 Å². The van der Waals surface area contributed by atoms with Gasteiger partial charge < -0.3 is 25.3 Å². The summed E-state index contributed by atoms with van der Waals surface area (Å²) in [6.45, 7) is 13.8. The van der Waals surface area contributed by atoms with E-state index in [-0.39, 0.29) is 40.7 Å². The second-order valence-corrected chi connectivity index (χ2v) is 13.5. The van der Waals surface area contributed by atoms with Gasteiger partial charge in [0.05, 0.1) is 5.52 Å². The molecule has 0 bridgehead atoms. The Balaban J connectivity index is 0.00000180. The Kier molecular flexibility index (Phi) is 11.4. The molecule has 6 aromatic rings. The number of rotatable bonds is 7. The third-order valence-electron chi connectivity index (χ3n) is 9.82. The normalized spacial score (nSPS) is 12.5. The van der Waals surface area contributed by atoms with E-state index in [1.165, 1.54) is 33.4 Å². The van der Waals surface area contributed by atoms with Crippen molar-refractivity contribution in [2.24, 2.45) is 0 Å². The third kappa shape index (κ3) is 6.41. The average Bonchev–Trinajstić information content (AvgIpc) is 3.33. The Labute approximate surface area is 312 Å². The number of benzene rings is 5. The minimum absolute atomic E-state index is 0. The van der Waals surface area contributed by atoms with Crippen LogP contribution < -0.4 is 0 Å². The second kappa shape index (κ2) is 14.8. The van der Waals surface area contributed by atoms with E-state index in [2.05, 4.69) is 151 Å². The van der Waals surface area contributed by atoms with Crippen LogP contribution in [0.5, 0.6) is 5.75 Å². The zero-order valence-corrected chi connectivity index (χ0v) is 33.7. The molecule has 0 amide bonds. The summed E-state index contributed by atoms with van der Waals surface area (Å²) in [6, 6.07) is 38.4. The van der Waals surface area contributed by atoms with Crippen molar-refractivity contribution in [3.8, 4) is 28.0 Å². The van der Waals surface area contributed by atoms with Gasteiger partial charge >= 0.3 is 0 Å². The molecule has 1 N–H and O–H groups in total. The van der Waals surface area contributed by atoms with Crippen LogP contribution in [0.3, 0.4) is 0 Å². The number of pyridine rings is 1. The first-order chi connectivity index (χ1) is 22.2. The third-order valence-corrected chi connectivity index (χ3v) is 9.82. The predicted octanol–water partition coefficient (Wildman–Crippen LogP) is 12.6. The number of para-hydroxylation sites is 2. The SMILES string of the molecule is Cc1cc(-c2cccc3ccc(C[N-]c4c(C(C)C)cccc4C(C)C)nc23)c(O)c(C2(C)c3ccccc3-c3ccccc32)c1.[CH3-].[CH3-].[Hf]. The Bertz CT molecular complexity index is 2040. The van der Waals surface area contributed by atoms with E-state index < -0.39 is 5.41 Å². The molecule has 4 heteroatoms. The maximum absolute atomic E-state index is 12.2. The Hall–Kier alpha value is -4.02. The van der Waals surface area contributed by atoms with E-state index >= 15 is 0 Å². The number of phenolic OH excluding ortho intramolecular Hbond substituents is 1. The second-order valence-electron chi connectivity index (χ2n) is 13.5. The fourth-order valence-electron chi connectivity index (χ4n) is 7.46. The molecule has 0 fully saturated rings. The van der Waals surface area contributed by atoms with Crippen molar-refractivity contribution in [2.45, 2.75) is 65.3 Å². The summed E-state index contributed by atoms with van der Waals surface area (Å²) in [5, 5.41) is 18.4. The molecule has 0 radical (unpaired) electrons. The largest absolute Gasteiger partial charge is 0.679 e. The van der Waals surface area contributed by atoms with Crippen LogP contribution >= 0.6 is 0 Å². The smallest absolute Gasteiger partial charge is 0.127 e. The number of nitrogens with zero attached hydrogens (tertiary/aromatic N) is 2. The van der Waals surface area contributed by atoms with Gasteiger partial charge in [-0.25, -0.2) is 0 Å². The van der Waals surface area contributed by atoms with Crippen molar-refractivity contribution >= 4 is 16.6 Å². The maximum atomic E-state index is 12.2.